The number of benzene rings is 1. The van der Waals surface area contributed by atoms with Crippen molar-refractivity contribution < 1.29 is 19.4 Å². The summed E-state index contributed by atoms with van der Waals surface area (Å²) in [6, 6.07) is 6.70. The van der Waals surface area contributed by atoms with Crippen LogP contribution in [0.5, 0.6) is 5.75 Å². The van der Waals surface area contributed by atoms with Gasteiger partial charge in [-0.2, -0.15) is 0 Å². The molecule has 0 aromatic heterocycles. The van der Waals surface area contributed by atoms with Gasteiger partial charge in [-0.25, -0.2) is 4.79 Å². The summed E-state index contributed by atoms with van der Waals surface area (Å²) in [6.07, 6.45) is 2.35. The molecule has 0 bridgehead atoms. The third-order valence-electron chi connectivity index (χ3n) is 3.45. The number of rotatable bonds is 8. The normalized spacial score (nSPS) is 13.3. The van der Waals surface area contributed by atoms with Crippen molar-refractivity contribution in [2.45, 2.75) is 45.6 Å². The van der Waals surface area contributed by atoms with E-state index in [-0.39, 0.29) is 0 Å². The standard InChI is InChI=1S/C16H23NO4/c1-4-6-11-21-13-9-7-12(8-10-13)14(18)17-16(3,5-2)15(19)20/h7-10H,4-6,11H2,1-3H3,(H,17,18)(H,19,20). The average molecular weight is 293 g/mol. The van der Waals surface area contributed by atoms with Crippen molar-refractivity contribution in [2.24, 2.45) is 0 Å². The van der Waals surface area contributed by atoms with E-state index >= 15 is 0 Å². The molecule has 0 saturated carbocycles. The van der Waals surface area contributed by atoms with E-state index in [1.165, 1.54) is 6.92 Å². The second-order valence-corrected chi connectivity index (χ2v) is 5.17. The number of hydrogen-bond acceptors (Lipinski definition) is 3. The van der Waals surface area contributed by atoms with E-state index in [0.717, 1.165) is 12.8 Å². The number of ether oxygens (including phenoxy) is 1. The molecule has 0 saturated heterocycles. The van der Waals surface area contributed by atoms with E-state index in [1.54, 1.807) is 31.2 Å². The third kappa shape index (κ3) is 4.77. The summed E-state index contributed by atoms with van der Waals surface area (Å²) in [6.45, 7) is 5.95. The third-order valence-corrected chi connectivity index (χ3v) is 3.45. The Balaban J connectivity index is 2.69. The predicted octanol–water partition coefficient (Wildman–Crippen LogP) is 2.85. The highest BCUT2D eigenvalue weighted by atomic mass is 16.5. The zero-order valence-corrected chi connectivity index (χ0v) is 12.8. The smallest absolute Gasteiger partial charge is 0.329 e. The van der Waals surface area contributed by atoms with Crippen LogP contribution < -0.4 is 10.1 Å². The maximum Gasteiger partial charge on any atom is 0.329 e. The first-order valence-electron chi connectivity index (χ1n) is 7.21. The van der Waals surface area contributed by atoms with E-state index in [2.05, 4.69) is 12.2 Å². The summed E-state index contributed by atoms with van der Waals surface area (Å²) in [4.78, 5) is 23.3. The minimum atomic E-state index is -1.26. The van der Waals surface area contributed by atoms with Crippen LogP contribution in [-0.4, -0.2) is 29.1 Å². The van der Waals surface area contributed by atoms with Crippen LogP contribution in [-0.2, 0) is 4.79 Å². The van der Waals surface area contributed by atoms with E-state index in [1.807, 2.05) is 0 Å². The minimum Gasteiger partial charge on any atom is -0.494 e. The molecule has 1 aromatic rings. The van der Waals surface area contributed by atoms with Crippen LogP contribution in [0, 0.1) is 0 Å². The molecule has 1 aromatic carbocycles. The number of aliphatic carboxylic acids is 1. The van der Waals surface area contributed by atoms with Gasteiger partial charge in [0.1, 0.15) is 11.3 Å². The Hall–Kier alpha value is -2.04. The van der Waals surface area contributed by atoms with Crippen LogP contribution in [0.3, 0.4) is 0 Å². The number of hydrogen-bond donors (Lipinski definition) is 2. The number of unbranched alkanes of at least 4 members (excludes halogenated alkanes) is 1. The highest BCUT2D eigenvalue weighted by molar-refractivity contribution is 5.97. The first kappa shape index (κ1) is 17.0. The van der Waals surface area contributed by atoms with Crippen molar-refractivity contribution in [2.75, 3.05) is 6.61 Å². The fourth-order valence-electron chi connectivity index (χ4n) is 1.65. The summed E-state index contributed by atoms with van der Waals surface area (Å²) in [5, 5.41) is 11.7. The molecular weight excluding hydrogens is 270 g/mol. The summed E-state index contributed by atoms with van der Waals surface area (Å²) < 4.78 is 5.52. The lowest BCUT2D eigenvalue weighted by atomic mass is 9.98. The molecule has 1 unspecified atom stereocenters. The van der Waals surface area contributed by atoms with E-state index in [4.69, 9.17) is 9.84 Å². The highest BCUT2D eigenvalue weighted by Crippen LogP contribution is 2.15. The zero-order chi connectivity index (χ0) is 15.9. The number of carboxylic acid groups (broad SMARTS) is 1. The van der Waals surface area contributed by atoms with Crippen LogP contribution in [0.15, 0.2) is 24.3 Å². The Labute approximate surface area is 125 Å². The fraction of sp³-hybridized carbons (Fsp3) is 0.500. The van der Waals surface area contributed by atoms with Gasteiger partial charge in [0.15, 0.2) is 0 Å². The van der Waals surface area contributed by atoms with Gasteiger partial charge in [-0.3, -0.25) is 4.79 Å². The molecule has 0 aliphatic carbocycles. The largest absolute Gasteiger partial charge is 0.494 e. The van der Waals surface area contributed by atoms with E-state index in [0.29, 0.717) is 24.3 Å². The maximum atomic E-state index is 12.1. The van der Waals surface area contributed by atoms with Crippen LogP contribution in [0.25, 0.3) is 0 Å². The second-order valence-electron chi connectivity index (χ2n) is 5.17. The fourth-order valence-corrected chi connectivity index (χ4v) is 1.65. The first-order valence-corrected chi connectivity index (χ1v) is 7.21. The van der Waals surface area contributed by atoms with Gasteiger partial charge in [-0.1, -0.05) is 20.3 Å². The molecule has 0 radical (unpaired) electrons. The van der Waals surface area contributed by atoms with Crippen molar-refractivity contribution in [1.29, 1.82) is 0 Å². The zero-order valence-electron chi connectivity index (χ0n) is 12.8. The number of carboxylic acids is 1. The molecule has 0 aliphatic heterocycles. The number of nitrogens with one attached hydrogen (secondary N) is 1. The Morgan fingerprint density at radius 1 is 1.24 bits per heavy atom. The van der Waals surface area contributed by atoms with Crippen LogP contribution >= 0.6 is 0 Å². The van der Waals surface area contributed by atoms with Gasteiger partial charge in [0.2, 0.25) is 0 Å². The molecule has 0 fully saturated rings. The van der Waals surface area contributed by atoms with Crippen molar-refractivity contribution in [1.82, 2.24) is 5.32 Å². The molecule has 5 nitrogen and oxygen atoms in total. The van der Waals surface area contributed by atoms with Crippen LogP contribution in [0.4, 0.5) is 0 Å². The highest BCUT2D eigenvalue weighted by Gasteiger charge is 2.32. The lowest BCUT2D eigenvalue weighted by Crippen LogP contribution is -2.51. The van der Waals surface area contributed by atoms with E-state index < -0.39 is 17.4 Å². The lowest BCUT2D eigenvalue weighted by molar-refractivity contribution is -0.143. The van der Waals surface area contributed by atoms with Crippen molar-refractivity contribution in [3.05, 3.63) is 29.8 Å². The summed E-state index contributed by atoms with van der Waals surface area (Å²) in [7, 11) is 0. The predicted molar refractivity (Wildman–Crippen MR) is 80.6 cm³/mol. The number of carbonyl (C=O) groups excluding carboxylic acids is 1. The number of carbonyl (C=O) groups is 2. The Bertz CT molecular complexity index is 484. The van der Waals surface area contributed by atoms with Crippen LogP contribution in [0.2, 0.25) is 0 Å². The molecule has 0 heterocycles. The second kappa shape index (κ2) is 7.67. The van der Waals surface area contributed by atoms with Gasteiger partial charge in [-0.15, -0.1) is 0 Å². The van der Waals surface area contributed by atoms with Gasteiger partial charge in [0.25, 0.3) is 5.91 Å². The van der Waals surface area contributed by atoms with Crippen molar-refractivity contribution in [3.8, 4) is 5.75 Å². The van der Waals surface area contributed by atoms with Gasteiger partial charge in [0.05, 0.1) is 6.61 Å². The molecule has 1 rings (SSSR count). The minimum absolute atomic E-state index is 0.312. The van der Waals surface area contributed by atoms with Crippen LogP contribution in [0.1, 0.15) is 50.4 Å². The lowest BCUT2D eigenvalue weighted by Gasteiger charge is -2.24. The van der Waals surface area contributed by atoms with Crippen molar-refractivity contribution in [3.63, 3.8) is 0 Å². The number of amides is 1. The SMILES string of the molecule is CCCCOc1ccc(C(=O)NC(C)(CC)C(=O)O)cc1. The topological polar surface area (TPSA) is 75.6 Å². The maximum absolute atomic E-state index is 12.1. The Morgan fingerprint density at radius 3 is 2.33 bits per heavy atom. The molecule has 0 aliphatic rings. The Morgan fingerprint density at radius 2 is 1.86 bits per heavy atom. The molecule has 2 N–H and O–H groups in total. The van der Waals surface area contributed by atoms with Crippen molar-refractivity contribution >= 4 is 11.9 Å². The molecule has 21 heavy (non-hydrogen) atoms. The summed E-state index contributed by atoms with van der Waals surface area (Å²) >= 11 is 0. The molecular formula is C16H23NO4. The molecule has 1 atom stereocenters. The Kier molecular flexibility index (Phi) is 6.21. The average Bonchev–Trinajstić information content (AvgIpc) is 2.47. The van der Waals surface area contributed by atoms with Gasteiger partial charge >= 0.3 is 5.97 Å². The van der Waals surface area contributed by atoms with E-state index in [9.17, 15) is 9.59 Å². The molecule has 5 heteroatoms. The monoisotopic (exact) mass is 293 g/mol. The quantitative estimate of drug-likeness (QED) is 0.723. The molecule has 0 spiro atoms. The van der Waals surface area contributed by atoms with Gasteiger partial charge < -0.3 is 15.2 Å². The molecule has 116 valence electrons. The first-order chi connectivity index (χ1) is 9.92. The van der Waals surface area contributed by atoms with Gasteiger partial charge in [-0.05, 0) is 44.0 Å². The van der Waals surface area contributed by atoms with Gasteiger partial charge in [0, 0.05) is 5.56 Å². The summed E-state index contributed by atoms with van der Waals surface area (Å²) in [5.41, 5.74) is -0.841. The molecule has 1 amide bonds. The summed E-state index contributed by atoms with van der Waals surface area (Å²) in [5.74, 6) is -0.740.